The fourth-order valence-corrected chi connectivity index (χ4v) is 4.22. The van der Waals surface area contributed by atoms with E-state index in [2.05, 4.69) is 34.0 Å². The fraction of sp³-hybridized carbons (Fsp3) is 0.950. The zero-order chi connectivity index (χ0) is 18.9. The van der Waals surface area contributed by atoms with Gasteiger partial charge >= 0.3 is 0 Å². The van der Waals surface area contributed by atoms with Crippen molar-refractivity contribution in [3.05, 3.63) is 0 Å². The van der Waals surface area contributed by atoms with Gasteiger partial charge in [0.05, 0.1) is 12.7 Å². The van der Waals surface area contributed by atoms with E-state index in [9.17, 15) is 0 Å². The molecule has 0 radical (unpaired) electrons. The number of likely N-dealkylation sites (N-methyl/N-ethyl adjacent to an activating group) is 1. The minimum atomic E-state index is 0.180. The molecule has 0 bridgehead atoms. The van der Waals surface area contributed by atoms with Crippen molar-refractivity contribution in [1.82, 2.24) is 20.0 Å². The zero-order valence-corrected chi connectivity index (χ0v) is 17.4. The molecule has 3 fully saturated rings. The van der Waals surface area contributed by atoms with Crippen LogP contribution in [0.15, 0.2) is 4.99 Å². The van der Waals surface area contributed by atoms with Crippen molar-refractivity contribution in [2.24, 2.45) is 4.99 Å². The van der Waals surface area contributed by atoms with Gasteiger partial charge in [-0.2, -0.15) is 0 Å². The quantitative estimate of drug-likeness (QED) is 0.418. The molecule has 0 aromatic heterocycles. The monoisotopic (exact) mass is 381 g/mol. The summed E-state index contributed by atoms with van der Waals surface area (Å²) in [5.41, 5.74) is 0. The van der Waals surface area contributed by atoms with Gasteiger partial charge in [-0.25, -0.2) is 0 Å². The first kappa shape index (κ1) is 20.8. The highest BCUT2D eigenvalue weighted by Gasteiger charge is 2.32. The van der Waals surface area contributed by atoms with Crippen molar-refractivity contribution >= 4 is 5.96 Å². The van der Waals surface area contributed by atoms with Crippen molar-refractivity contribution in [2.75, 3.05) is 79.2 Å². The summed E-state index contributed by atoms with van der Waals surface area (Å²) in [7, 11) is 2.22. The highest BCUT2D eigenvalue weighted by atomic mass is 16.5. The van der Waals surface area contributed by atoms with Gasteiger partial charge in [-0.1, -0.05) is 0 Å². The number of nitrogens with one attached hydrogen (secondary N) is 1. The molecule has 3 aliphatic rings. The third-order valence-corrected chi connectivity index (χ3v) is 5.81. The number of morpholine rings is 1. The van der Waals surface area contributed by atoms with Crippen molar-refractivity contribution < 1.29 is 9.47 Å². The summed E-state index contributed by atoms with van der Waals surface area (Å²) in [4.78, 5) is 12.3. The lowest BCUT2D eigenvalue weighted by atomic mass is 10.1. The summed E-state index contributed by atoms with van der Waals surface area (Å²) in [6.07, 6.45) is 5.12. The van der Waals surface area contributed by atoms with E-state index < -0.39 is 0 Å². The van der Waals surface area contributed by atoms with Crippen LogP contribution in [0.2, 0.25) is 0 Å². The van der Waals surface area contributed by atoms with Crippen molar-refractivity contribution in [2.45, 2.75) is 44.8 Å². The molecule has 3 rings (SSSR count). The maximum Gasteiger partial charge on any atom is 0.194 e. The van der Waals surface area contributed by atoms with E-state index in [1.807, 2.05) is 0 Å². The normalized spacial score (nSPS) is 29.1. The molecule has 0 aliphatic carbocycles. The molecule has 0 spiro atoms. The summed E-state index contributed by atoms with van der Waals surface area (Å²) >= 11 is 0. The second kappa shape index (κ2) is 11.2. The maximum atomic E-state index is 5.99. The second-order valence-corrected chi connectivity index (χ2v) is 7.99. The number of nitrogens with zero attached hydrogens (tertiary/aromatic N) is 4. The Morgan fingerprint density at radius 1 is 1.04 bits per heavy atom. The van der Waals surface area contributed by atoms with Crippen LogP contribution in [0.4, 0.5) is 0 Å². The van der Waals surface area contributed by atoms with Crippen LogP contribution in [0, 0.1) is 0 Å². The van der Waals surface area contributed by atoms with Gasteiger partial charge in [-0.3, -0.25) is 4.99 Å². The van der Waals surface area contributed by atoms with E-state index in [4.69, 9.17) is 14.5 Å². The molecular weight excluding hydrogens is 342 g/mol. The molecule has 2 unspecified atom stereocenters. The Balaban J connectivity index is 1.45. The SMILES string of the molecule is CCNC(=NCCCN1CCCN(C)CC1)N1CCOC(C2CCCO2)C1. The summed E-state index contributed by atoms with van der Waals surface area (Å²) in [6.45, 7) is 13.3. The van der Waals surface area contributed by atoms with Gasteiger partial charge in [0.15, 0.2) is 5.96 Å². The molecule has 156 valence electrons. The first-order chi connectivity index (χ1) is 13.3. The predicted octanol–water partition coefficient (Wildman–Crippen LogP) is 0.859. The Morgan fingerprint density at radius 2 is 1.93 bits per heavy atom. The van der Waals surface area contributed by atoms with Crippen LogP contribution in [-0.2, 0) is 9.47 Å². The van der Waals surface area contributed by atoms with Gasteiger partial charge in [-0.05, 0) is 59.3 Å². The lowest BCUT2D eigenvalue weighted by molar-refractivity contribution is -0.0817. The zero-order valence-electron chi connectivity index (χ0n) is 17.4. The third-order valence-electron chi connectivity index (χ3n) is 5.81. The van der Waals surface area contributed by atoms with Gasteiger partial charge in [-0.15, -0.1) is 0 Å². The minimum Gasteiger partial charge on any atom is -0.375 e. The molecule has 27 heavy (non-hydrogen) atoms. The summed E-state index contributed by atoms with van der Waals surface area (Å²) in [5, 5.41) is 3.48. The van der Waals surface area contributed by atoms with Crippen molar-refractivity contribution in [3.63, 3.8) is 0 Å². The maximum absolute atomic E-state index is 5.99. The van der Waals surface area contributed by atoms with E-state index in [1.165, 1.54) is 32.6 Å². The molecular formula is C20H39N5O2. The van der Waals surface area contributed by atoms with Crippen LogP contribution < -0.4 is 5.32 Å². The Morgan fingerprint density at radius 3 is 2.74 bits per heavy atom. The van der Waals surface area contributed by atoms with Gasteiger partial charge in [0.2, 0.25) is 0 Å². The fourth-order valence-electron chi connectivity index (χ4n) is 4.22. The molecule has 3 saturated heterocycles. The molecule has 0 aromatic carbocycles. The van der Waals surface area contributed by atoms with Crippen LogP contribution in [0.3, 0.4) is 0 Å². The second-order valence-electron chi connectivity index (χ2n) is 7.99. The van der Waals surface area contributed by atoms with Crippen LogP contribution in [-0.4, -0.2) is 112 Å². The predicted molar refractivity (Wildman–Crippen MR) is 109 cm³/mol. The molecule has 0 saturated carbocycles. The lowest BCUT2D eigenvalue weighted by Crippen LogP contribution is -2.53. The lowest BCUT2D eigenvalue weighted by Gasteiger charge is -2.37. The highest BCUT2D eigenvalue weighted by molar-refractivity contribution is 5.80. The minimum absolute atomic E-state index is 0.180. The van der Waals surface area contributed by atoms with Crippen LogP contribution in [0.5, 0.6) is 0 Å². The Bertz CT molecular complexity index is 456. The van der Waals surface area contributed by atoms with Gasteiger partial charge in [0.25, 0.3) is 0 Å². The highest BCUT2D eigenvalue weighted by Crippen LogP contribution is 2.21. The third kappa shape index (κ3) is 6.59. The molecule has 2 atom stereocenters. The molecule has 3 aliphatic heterocycles. The average Bonchev–Trinajstić information content (AvgIpc) is 3.15. The molecule has 0 aromatic rings. The smallest absolute Gasteiger partial charge is 0.194 e. The molecule has 3 heterocycles. The van der Waals surface area contributed by atoms with E-state index >= 15 is 0 Å². The first-order valence-corrected chi connectivity index (χ1v) is 10.9. The number of hydrogen-bond donors (Lipinski definition) is 1. The molecule has 1 N–H and O–H groups in total. The number of ether oxygens (including phenoxy) is 2. The number of hydrogen-bond acceptors (Lipinski definition) is 5. The van der Waals surface area contributed by atoms with Crippen LogP contribution in [0.1, 0.15) is 32.6 Å². The van der Waals surface area contributed by atoms with Crippen molar-refractivity contribution in [3.8, 4) is 0 Å². The number of aliphatic imine (C=N–C) groups is 1. The molecule has 0 amide bonds. The van der Waals surface area contributed by atoms with Crippen LogP contribution in [0.25, 0.3) is 0 Å². The first-order valence-electron chi connectivity index (χ1n) is 10.9. The summed E-state index contributed by atoms with van der Waals surface area (Å²) in [6, 6.07) is 0. The van der Waals surface area contributed by atoms with E-state index in [1.54, 1.807) is 0 Å². The average molecular weight is 382 g/mol. The summed E-state index contributed by atoms with van der Waals surface area (Å²) in [5.74, 6) is 1.04. The van der Waals surface area contributed by atoms with E-state index in [0.717, 1.165) is 71.2 Å². The largest absolute Gasteiger partial charge is 0.375 e. The van der Waals surface area contributed by atoms with E-state index in [-0.39, 0.29) is 12.2 Å². The standard InChI is InChI=1S/C20H39N5O2/c1-3-21-20(22-8-5-10-24-11-6-9-23(2)12-13-24)25-14-16-27-19(17-25)18-7-4-15-26-18/h18-19H,3-17H2,1-2H3,(H,21,22). The van der Waals surface area contributed by atoms with E-state index in [0.29, 0.717) is 0 Å². The molecule has 7 nitrogen and oxygen atoms in total. The Kier molecular flexibility index (Phi) is 8.64. The number of rotatable bonds is 6. The Hall–Kier alpha value is -0.890. The molecule has 7 heteroatoms. The van der Waals surface area contributed by atoms with Crippen LogP contribution >= 0.6 is 0 Å². The topological polar surface area (TPSA) is 52.6 Å². The number of guanidine groups is 1. The van der Waals surface area contributed by atoms with Gasteiger partial charge < -0.3 is 29.5 Å². The van der Waals surface area contributed by atoms with Gasteiger partial charge in [0, 0.05) is 45.9 Å². The van der Waals surface area contributed by atoms with Crippen molar-refractivity contribution in [1.29, 1.82) is 0 Å². The van der Waals surface area contributed by atoms with Gasteiger partial charge in [0.1, 0.15) is 6.10 Å². The summed E-state index contributed by atoms with van der Waals surface area (Å²) < 4.78 is 11.8. The Labute approximate surface area is 165 Å².